The first-order valence-corrected chi connectivity index (χ1v) is 42.1. The average Bonchev–Trinajstić information content (AvgIpc) is 1.64. The fourth-order valence-corrected chi connectivity index (χ4v) is 13.6. The summed E-state index contributed by atoms with van der Waals surface area (Å²) in [6, 6.07) is 2.76. The van der Waals surface area contributed by atoms with E-state index >= 15 is 4.79 Å². The minimum absolute atomic E-state index is 0.00160. The van der Waals surface area contributed by atoms with Crippen molar-refractivity contribution in [1.29, 1.82) is 0 Å². The molecule has 3 aromatic carbocycles. The van der Waals surface area contributed by atoms with Crippen molar-refractivity contribution in [2.24, 2.45) is 17.6 Å². The summed E-state index contributed by atoms with van der Waals surface area (Å²) in [7, 11) is 0. The quantitative estimate of drug-likeness (QED) is 0.0248. The van der Waals surface area contributed by atoms with Gasteiger partial charge in [0.2, 0.25) is 70.9 Å². The fourth-order valence-electron chi connectivity index (χ4n) is 13.6. The number of H-pyrrole nitrogens is 2. The largest absolute Gasteiger partial charge is 0.508 e. The van der Waals surface area contributed by atoms with Crippen molar-refractivity contribution in [3.05, 3.63) is 120 Å². The molecule has 0 unspecified atom stereocenters. The summed E-state index contributed by atoms with van der Waals surface area (Å²) in [5.41, 5.74) is 8.13. The number of aromatic hydroxyl groups is 1. The van der Waals surface area contributed by atoms with Crippen LogP contribution in [0.4, 0.5) is 0 Å². The Balaban J connectivity index is 1.33. The third kappa shape index (κ3) is 35.6. The highest BCUT2D eigenvalue weighted by atomic mass is 16.4. The number of phenols is 1. The molecule has 0 radical (unpaired) electrons. The number of aliphatic carboxylic acids is 1. The summed E-state index contributed by atoms with van der Waals surface area (Å²) in [5.74, 6) is -12.6. The zero-order valence-electron chi connectivity index (χ0n) is 70.7. The van der Waals surface area contributed by atoms with Gasteiger partial charge >= 0.3 is 5.97 Å². The number of phenolic OH excluding ortho intramolecular Hbond substituents is 1. The molecule has 0 bridgehead atoms. The normalized spacial score (nSPS) is 14.9. The maximum atomic E-state index is 15.1. The summed E-state index contributed by atoms with van der Waals surface area (Å²) in [5, 5.41) is 84.4. The van der Waals surface area contributed by atoms with Gasteiger partial charge in [-0.15, -0.1) is 0 Å². The standard InChI is InChI=1S/C86H130N16O18/c1-10-11-12-13-14-15-16-17-18-19-20-21-25-35-72(107)93-65(41-51(2)3)81(114)101-73(55(8)104)84(117)98-66(44-58-36-38-61(106)39-37-58)78(111)92-53(6)75(108)95-68(45-59-47-89-63-33-27-26-32-62(59)63)80(113)97-69(46-60-48-88-50-90-60)82(115)102-74(56(9)105)85(118)100-71(49-103)83(116)96-67(43-57-30-23-22-24-31-57)79(112)94-64(34-28-29-40-87)77(110)91-54(7)76(109)99-70(86(119)120)42-52(4)5/h22-24,26-27,30-33,36-39,47-48,50-56,64-71,73-74,89,103-106H,10-21,25,28-29,34-35,40-46,49,87H2,1-9H3,(H,88,90)(H,91,110)(H,92,111)(H,93,107)(H,94,112)(H,95,108)(H,96,116)(H,97,113)(H,98,117)(H,99,109)(H,100,118)(H,101,114)(H,102,115)(H,119,120)/t53-,54-,55+,56+,64-,65-,66-,67-,68-,69-,70-,71-,73-,74-/m0/s1. The molecule has 34 heteroatoms. The second-order valence-corrected chi connectivity index (χ2v) is 31.9. The number of aliphatic hydroxyl groups excluding tert-OH is 3. The number of hydrogen-bond donors (Lipinski definition) is 20. The number of aliphatic hydroxyl groups is 3. The number of amides is 12. The van der Waals surface area contributed by atoms with Gasteiger partial charge in [0.05, 0.1) is 25.1 Å². The lowest BCUT2D eigenvalue weighted by molar-refractivity contribution is -0.142. The van der Waals surface area contributed by atoms with Crippen LogP contribution in [0.2, 0.25) is 0 Å². The Labute approximate surface area is 702 Å². The van der Waals surface area contributed by atoms with Crippen molar-refractivity contribution in [2.45, 2.75) is 295 Å². The summed E-state index contributed by atoms with van der Waals surface area (Å²) in [6.45, 7) is 13.6. The number of carbonyl (C=O) groups excluding carboxylic acids is 12. The molecule has 0 aliphatic carbocycles. The Morgan fingerprint density at radius 3 is 1.35 bits per heavy atom. The number of aromatic nitrogens is 3. The van der Waals surface area contributed by atoms with Crippen LogP contribution in [0.25, 0.3) is 10.9 Å². The molecule has 0 saturated carbocycles. The third-order valence-corrected chi connectivity index (χ3v) is 20.5. The molecule has 2 heterocycles. The van der Waals surface area contributed by atoms with Gasteiger partial charge < -0.3 is 105 Å². The van der Waals surface area contributed by atoms with Crippen molar-refractivity contribution >= 4 is 87.8 Å². The van der Waals surface area contributed by atoms with Crippen LogP contribution >= 0.6 is 0 Å². The van der Waals surface area contributed by atoms with Gasteiger partial charge in [0.1, 0.15) is 78.3 Å². The van der Waals surface area contributed by atoms with E-state index in [0.717, 1.165) is 32.6 Å². The number of benzene rings is 3. The Morgan fingerprint density at radius 1 is 0.417 bits per heavy atom. The number of hydrogen-bond acceptors (Lipinski definition) is 19. The molecule has 120 heavy (non-hydrogen) atoms. The van der Waals surface area contributed by atoms with E-state index in [9.17, 15) is 83.1 Å². The first kappa shape index (κ1) is 99.7. The summed E-state index contributed by atoms with van der Waals surface area (Å²) in [4.78, 5) is 193. The molecule has 2 aromatic heterocycles. The van der Waals surface area contributed by atoms with E-state index in [1.54, 1.807) is 74.6 Å². The number of nitrogens with one attached hydrogen (secondary N) is 14. The number of aromatic amines is 2. The Hall–Kier alpha value is -10.8. The van der Waals surface area contributed by atoms with Crippen molar-refractivity contribution < 1.29 is 87.9 Å². The van der Waals surface area contributed by atoms with E-state index in [-0.39, 0.29) is 87.1 Å². The third-order valence-electron chi connectivity index (χ3n) is 20.5. The van der Waals surface area contributed by atoms with Crippen molar-refractivity contribution in [2.75, 3.05) is 13.2 Å². The van der Waals surface area contributed by atoms with Gasteiger partial charge in [0.15, 0.2) is 0 Å². The van der Waals surface area contributed by atoms with Gasteiger partial charge in [0, 0.05) is 61.1 Å². The molecule has 0 aliphatic heterocycles. The molecule has 0 spiro atoms. The number of carboxylic acids is 1. The van der Waals surface area contributed by atoms with E-state index < -0.39 is 162 Å². The molecule has 21 N–H and O–H groups in total. The van der Waals surface area contributed by atoms with E-state index in [1.165, 1.54) is 109 Å². The van der Waals surface area contributed by atoms with Crippen LogP contribution in [-0.4, -0.2) is 215 Å². The van der Waals surface area contributed by atoms with Gasteiger partial charge in [-0.25, -0.2) is 9.78 Å². The molecular weight excluding hydrogens is 1550 g/mol. The number of carbonyl (C=O) groups is 13. The van der Waals surface area contributed by atoms with Gasteiger partial charge in [-0.2, -0.15) is 0 Å². The number of fused-ring (bicyclic) bond motifs is 1. The molecular formula is C86H130N16O18. The summed E-state index contributed by atoms with van der Waals surface area (Å²) in [6.07, 6.45) is 15.7. The van der Waals surface area contributed by atoms with Crippen LogP contribution in [0.5, 0.6) is 5.75 Å². The van der Waals surface area contributed by atoms with Crippen LogP contribution in [0, 0.1) is 11.8 Å². The van der Waals surface area contributed by atoms with Crippen LogP contribution in [0.3, 0.4) is 0 Å². The van der Waals surface area contributed by atoms with E-state index in [0.29, 0.717) is 46.9 Å². The minimum Gasteiger partial charge on any atom is -0.508 e. The Morgan fingerprint density at radius 2 is 0.842 bits per heavy atom. The number of para-hydroxylation sites is 1. The van der Waals surface area contributed by atoms with Crippen LogP contribution in [0.15, 0.2) is 97.6 Å². The summed E-state index contributed by atoms with van der Waals surface area (Å²) < 4.78 is 0. The summed E-state index contributed by atoms with van der Waals surface area (Å²) >= 11 is 0. The van der Waals surface area contributed by atoms with E-state index in [1.807, 2.05) is 13.8 Å². The number of unbranched alkanes of at least 4 members (excludes halogenated alkanes) is 13. The molecule has 5 rings (SSSR count). The minimum atomic E-state index is -1.94. The second-order valence-electron chi connectivity index (χ2n) is 31.9. The lowest BCUT2D eigenvalue weighted by Gasteiger charge is -2.29. The SMILES string of the molecule is CCCCCCCCCCCCCCCC(=O)N[C@@H](CC(C)C)C(=O)N[C@H](C(=O)N[C@@H](Cc1ccc(O)cc1)C(=O)N[C@@H](C)C(=O)N[C@@H](Cc1c[nH]c2ccccc12)C(=O)N[C@@H](Cc1cnc[nH]1)C(=O)N[C@H](C(=O)N[C@@H](CO)C(=O)N[C@@H](Cc1ccccc1)C(=O)N[C@@H](CCCCN)C(=O)N[C@@H](C)C(=O)N[C@@H](CC(C)C)C(=O)O)[C@@H](C)O)[C@@H](C)O. The second kappa shape index (κ2) is 52.9. The zero-order chi connectivity index (χ0) is 88.4. The molecule has 0 aliphatic rings. The zero-order valence-corrected chi connectivity index (χ0v) is 70.7. The number of imidazole rings is 1. The monoisotopic (exact) mass is 1670 g/mol. The number of carboxylic acid groups (broad SMARTS) is 1. The average molecular weight is 1680 g/mol. The van der Waals surface area contributed by atoms with Gasteiger partial charge in [-0.3, -0.25) is 57.5 Å². The van der Waals surface area contributed by atoms with Crippen LogP contribution in [-0.2, 0) is 88.0 Å². The Bertz CT molecular complexity index is 4050. The fraction of sp³-hybridized carbons (Fsp3) is 0.581. The predicted octanol–water partition coefficient (Wildman–Crippen LogP) is 3.27. The van der Waals surface area contributed by atoms with Crippen LogP contribution < -0.4 is 69.5 Å². The molecule has 34 nitrogen and oxygen atoms in total. The molecule has 14 atom stereocenters. The molecule has 5 aromatic rings. The molecule has 0 saturated heterocycles. The van der Waals surface area contributed by atoms with Gasteiger partial charge in [0.25, 0.3) is 0 Å². The van der Waals surface area contributed by atoms with Crippen LogP contribution in [0.1, 0.15) is 207 Å². The van der Waals surface area contributed by atoms with E-state index in [2.05, 4.69) is 85.7 Å². The maximum absolute atomic E-state index is 15.1. The smallest absolute Gasteiger partial charge is 0.326 e. The highest BCUT2D eigenvalue weighted by Crippen LogP contribution is 2.22. The highest BCUT2D eigenvalue weighted by Gasteiger charge is 2.39. The molecule has 12 amide bonds. The van der Waals surface area contributed by atoms with Crippen molar-refractivity contribution in [3.8, 4) is 5.75 Å². The molecule has 662 valence electrons. The van der Waals surface area contributed by atoms with Gasteiger partial charge in [-0.1, -0.05) is 172 Å². The van der Waals surface area contributed by atoms with Crippen molar-refractivity contribution in [3.63, 3.8) is 0 Å². The van der Waals surface area contributed by atoms with Gasteiger partial charge in [-0.05, 0) is 119 Å². The lowest BCUT2D eigenvalue weighted by atomic mass is 10.0. The number of nitrogens with two attached hydrogens (primary N) is 1. The highest BCUT2D eigenvalue weighted by molar-refractivity contribution is 6.00. The lowest BCUT2D eigenvalue weighted by Crippen LogP contribution is -2.63. The number of nitrogens with zero attached hydrogens (tertiary/aromatic N) is 1. The van der Waals surface area contributed by atoms with Crippen molar-refractivity contribution in [1.82, 2.24) is 78.8 Å². The number of rotatable bonds is 57. The first-order valence-electron chi connectivity index (χ1n) is 42.1. The topological polar surface area (TPSA) is 538 Å². The van der Waals surface area contributed by atoms with E-state index in [4.69, 9.17) is 5.73 Å². The first-order chi connectivity index (χ1) is 57.2. The Kier molecular flexibility index (Phi) is 44.0. The predicted molar refractivity (Wildman–Crippen MR) is 451 cm³/mol. The maximum Gasteiger partial charge on any atom is 0.326 e. The molecule has 0 fully saturated rings.